The molecule has 0 spiro atoms. The minimum Gasteiger partial charge on any atom is -0.396 e. The van der Waals surface area contributed by atoms with E-state index in [0.29, 0.717) is 19.0 Å². The monoisotopic (exact) mass is 221 g/mol. The summed E-state index contributed by atoms with van der Waals surface area (Å²) in [6.07, 6.45) is -0.0769. The summed E-state index contributed by atoms with van der Waals surface area (Å²) >= 11 is 0. The Hall–Kier alpha value is -0.220. The molecule has 1 rings (SSSR count). The molecule has 0 aromatic heterocycles. The quantitative estimate of drug-likeness (QED) is 0.784. The number of nitrogens with zero attached hydrogens (tertiary/aromatic N) is 1. The highest BCUT2D eigenvalue weighted by Crippen LogP contribution is 2.28. The first-order chi connectivity index (χ1) is 6.94. The molecule has 0 aromatic rings. The average Bonchev–Trinajstić information content (AvgIpc) is 2.15. The van der Waals surface area contributed by atoms with E-state index in [1.807, 2.05) is 4.90 Å². The van der Waals surface area contributed by atoms with E-state index in [-0.39, 0.29) is 25.4 Å². The minimum absolute atomic E-state index is 0.0384. The third kappa shape index (κ3) is 4.03. The fourth-order valence-corrected chi connectivity index (χ4v) is 1.87. The van der Waals surface area contributed by atoms with Gasteiger partial charge in [0.2, 0.25) is 0 Å². The Morgan fingerprint density at radius 1 is 1.27 bits per heavy atom. The number of aliphatic hydroxyl groups is 1. The number of halogens is 2. The molecule has 1 atom stereocenters. The van der Waals surface area contributed by atoms with Crippen LogP contribution in [0.1, 0.15) is 26.7 Å². The van der Waals surface area contributed by atoms with Gasteiger partial charge in [-0.3, -0.25) is 0 Å². The van der Waals surface area contributed by atoms with Gasteiger partial charge in [0.25, 0.3) is 5.92 Å². The molecule has 2 nitrogen and oxygen atoms in total. The van der Waals surface area contributed by atoms with E-state index in [9.17, 15) is 8.78 Å². The van der Waals surface area contributed by atoms with Crippen molar-refractivity contribution in [3.05, 3.63) is 0 Å². The summed E-state index contributed by atoms with van der Waals surface area (Å²) in [5.41, 5.74) is 0. The van der Waals surface area contributed by atoms with Crippen LogP contribution in [0.25, 0.3) is 0 Å². The fraction of sp³-hybridized carbons (Fsp3) is 1.00. The second-order valence-corrected chi connectivity index (χ2v) is 4.84. The predicted molar refractivity (Wildman–Crippen MR) is 56.0 cm³/mol. The zero-order valence-corrected chi connectivity index (χ0v) is 9.55. The smallest absolute Gasteiger partial charge is 0.250 e. The molecule has 1 aliphatic rings. The van der Waals surface area contributed by atoms with Gasteiger partial charge in [0.15, 0.2) is 0 Å². The lowest BCUT2D eigenvalue weighted by molar-refractivity contribution is -0.0595. The molecule has 0 amide bonds. The number of piperidine rings is 1. The molecule has 0 saturated carbocycles. The summed E-state index contributed by atoms with van der Waals surface area (Å²) in [5, 5.41) is 9.15. The molecule has 90 valence electrons. The molecule has 1 aliphatic heterocycles. The van der Waals surface area contributed by atoms with Crippen LogP contribution in [0, 0.1) is 11.8 Å². The highest BCUT2D eigenvalue weighted by Gasteiger charge is 2.34. The largest absolute Gasteiger partial charge is 0.396 e. The van der Waals surface area contributed by atoms with Crippen molar-refractivity contribution in [1.82, 2.24) is 4.90 Å². The van der Waals surface area contributed by atoms with Crippen LogP contribution in [0.2, 0.25) is 0 Å². The minimum atomic E-state index is -2.47. The molecule has 1 unspecified atom stereocenters. The van der Waals surface area contributed by atoms with Gasteiger partial charge in [0.05, 0.1) is 0 Å². The van der Waals surface area contributed by atoms with E-state index >= 15 is 0 Å². The number of hydrogen-bond donors (Lipinski definition) is 1. The Morgan fingerprint density at radius 2 is 1.80 bits per heavy atom. The third-order valence-electron chi connectivity index (χ3n) is 3.26. The van der Waals surface area contributed by atoms with Gasteiger partial charge in [-0.05, 0) is 11.8 Å². The number of likely N-dealkylation sites (tertiary alicyclic amines) is 1. The maximum Gasteiger partial charge on any atom is 0.250 e. The first-order valence-corrected chi connectivity index (χ1v) is 5.65. The SMILES string of the molecule is CC(C)C(CO)CN1CCC(F)(F)CC1. The van der Waals surface area contributed by atoms with Crippen LogP contribution in [0.3, 0.4) is 0 Å². The molecule has 1 fully saturated rings. The van der Waals surface area contributed by atoms with Crippen molar-refractivity contribution in [2.75, 3.05) is 26.2 Å². The van der Waals surface area contributed by atoms with Crippen LogP contribution < -0.4 is 0 Å². The van der Waals surface area contributed by atoms with E-state index in [2.05, 4.69) is 13.8 Å². The van der Waals surface area contributed by atoms with Crippen LogP contribution in [-0.4, -0.2) is 42.2 Å². The lowest BCUT2D eigenvalue weighted by atomic mass is 9.95. The summed E-state index contributed by atoms with van der Waals surface area (Å²) in [6, 6.07) is 0. The summed E-state index contributed by atoms with van der Waals surface area (Å²) in [4.78, 5) is 2.04. The topological polar surface area (TPSA) is 23.5 Å². The number of aliphatic hydroxyl groups excluding tert-OH is 1. The maximum absolute atomic E-state index is 12.9. The summed E-state index contributed by atoms with van der Waals surface area (Å²) < 4.78 is 25.8. The Morgan fingerprint density at radius 3 is 2.20 bits per heavy atom. The van der Waals surface area contributed by atoms with Gasteiger partial charge in [0, 0.05) is 39.1 Å². The molecule has 0 radical (unpaired) electrons. The Kier molecular flexibility index (Phi) is 4.46. The van der Waals surface area contributed by atoms with Crippen LogP contribution in [-0.2, 0) is 0 Å². The maximum atomic E-state index is 12.9. The van der Waals surface area contributed by atoms with E-state index in [1.54, 1.807) is 0 Å². The van der Waals surface area contributed by atoms with Crippen molar-refractivity contribution in [1.29, 1.82) is 0 Å². The fourth-order valence-electron chi connectivity index (χ4n) is 1.87. The number of hydrogen-bond acceptors (Lipinski definition) is 2. The van der Waals surface area contributed by atoms with E-state index < -0.39 is 5.92 Å². The lowest BCUT2D eigenvalue weighted by Gasteiger charge is -2.34. The van der Waals surface area contributed by atoms with Crippen LogP contribution >= 0.6 is 0 Å². The van der Waals surface area contributed by atoms with Crippen LogP contribution in [0.5, 0.6) is 0 Å². The van der Waals surface area contributed by atoms with Gasteiger partial charge in [-0.2, -0.15) is 0 Å². The second-order valence-electron chi connectivity index (χ2n) is 4.84. The van der Waals surface area contributed by atoms with Crippen molar-refractivity contribution < 1.29 is 13.9 Å². The first-order valence-electron chi connectivity index (χ1n) is 5.65. The first kappa shape index (κ1) is 12.8. The third-order valence-corrected chi connectivity index (χ3v) is 3.26. The Bertz CT molecular complexity index is 187. The van der Waals surface area contributed by atoms with E-state index in [4.69, 9.17) is 5.11 Å². The lowest BCUT2D eigenvalue weighted by Crippen LogP contribution is -2.42. The molecule has 0 bridgehead atoms. The molecular formula is C11H21F2NO. The molecule has 1 N–H and O–H groups in total. The van der Waals surface area contributed by atoms with E-state index in [0.717, 1.165) is 6.54 Å². The average molecular weight is 221 g/mol. The molecule has 15 heavy (non-hydrogen) atoms. The highest BCUT2D eigenvalue weighted by molar-refractivity contribution is 4.79. The predicted octanol–water partition coefficient (Wildman–Crippen LogP) is 1.98. The zero-order valence-electron chi connectivity index (χ0n) is 9.55. The van der Waals surface area contributed by atoms with Gasteiger partial charge in [-0.1, -0.05) is 13.8 Å². The zero-order chi connectivity index (χ0) is 11.5. The summed E-state index contributed by atoms with van der Waals surface area (Å²) in [7, 11) is 0. The van der Waals surface area contributed by atoms with Gasteiger partial charge in [0.1, 0.15) is 0 Å². The standard InChI is InChI=1S/C11H21F2NO/c1-9(2)10(8-15)7-14-5-3-11(12,13)4-6-14/h9-10,15H,3-8H2,1-2H3. The Labute approximate surface area is 90.3 Å². The van der Waals surface area contributed by atoms with Gasteiger partial charge in [-0.25, -0.2) is 8.78 Å². The van der Waals surface area contributed by atoms with Gasteiger partial charge >= 0.3 is 0 Å². The Balaban J connectivity index is 2.34. The highest BCUT2D eigenvalue weighted by atomic mass is 19.3. The van der Waals surface area contributed by atoms with Crippen molar-refractivity contribution in [2.45, 2.75) is 32.6 Å². The number of rotatable bonds is 4. The van der Waals surface area contributed by atoms with Gasteiger partial charge < -0.3 is 10.0 Å². The summed E-state index contributed by atoms with van der Waals surface area (Å²) in [5.74, 6) is -1.86. The number of alkyl halides is 2. The second kappa shape index (κ2) is 5.21. The van der Waals surface area contributed by atoms with Crippen LogP contribution in [0.4, 0.5) is 8.78 Å². The molecule has 1 heterocycles. The van der Waals surface area contributed by atoms with Crippen molar-refractivity contribution in [3.63, 3.8) is 0 Å². The molecule has 0 aromatic carbocycles. The van der Waals surface area contributed by atoms with Crippen LogP contribution in [0.15, 0.2) is 0 Å². The van der Waals surface area contributed by atoms with E-state index in [1.165, 1.54) is 0 Å². The molecular weight excluding hydrogens is 200 g/mol. The van der Waals surface area contributed by atoms with Crippen molar-refractivity contribution in [3.8, 4) is 0 Å². The van der Waals surface area contributed by atoms with Crippen molar-refractivity contribution >= 4 is 0 Å². The van der Waals surface area contributed by atoms with Crippen molar-refractivity contribution in [2.24, 2.45) is 11.8 Å². The van der Waals surface area contributed by atoms with Gasteiger partial charge in [-0.15, -0.1) is 0 Å². The molecule has 0 aliphatic carbocycles. The molecule has 4 heteroatoms. The summed E-state index contributed by atoms with van der Waals surface area (Å²) in [6.45, 7) is 5.90. The molecule has 1 saturated heterocycles. The normalized spacial score (nSPS) is 24.4.